The van der Waals surface area contributed by atoms with Crippen molar-refractivity contribution in [2.45, 2.75) is 13.3 Å². The van der Waals surface area contributed by atoms with E-state index in [9.17, 15) is 4.79 Å². The molecule has 0 bridgehead atoms. The number of nitrogens with zero attached hydrogens (tertiary/aromatic N) is 2. The lowest BCUT2D eigenvalue weighted by Crippen LogP contribution is -2.32. The maximum Gasteiger partial charge on any atom is 0.238 e. The first-order valence-electron chi connectivity index (χ1n) is 6.64. The molecule has 1 aromatic carbocycles. The molecule has 0 N–H and O–H groups in total. The second kappa shape index (κ2) is 5.73. The first kappa shape index (κ1) is 13.3. The summed E-state index contributed by atoms with van der Waals surface area (Å²) in [4.78, 5) is 19.0. The number of carbonyl (C=O) groups excluding carboxylic acids is 1. The molecule has 0 saturated carbocycles. The largest absolute Gasteiger partial charge is 0.381 e. The molecule has 1 unspecified atom stereocenters. The third-order valence-electron chi connectivity index (χ3n) is 3.31. The molecule has 2 heterocycles. The van der Waals surface area contributed by atoms with Crippen molar-refractivity contribution >= 4 is 28.1 Å². The Morgan fingerprint density at radius 2 is 2.20 bits per heavy atom. The van der Waals surface area contributed by atoms with E-state index in [4.69, 9.17) is 4.74 Å². The standard InChI is InChI=1S/C15H16N2O2S/c1-11-10-20-15(16-11)17(13-5-3-2-4-6-13)14(18)12-7-8-19-9-12/h2-6,10,12H,7-9H2,1H3. The summed E-state index contributed by atoms with van der Waals surface area (Å²) >= 11 is 1.49. The number of ether oxygens (including phenoxy) is 1. The third kappa shape index (κ3) is 2.59. The Hall–Kier alpha value is -1.72. The Morgan fingerprint density at radius 3 is 2.80 bits per heavy atom. The quantitative estimate of drug-likeness (QED) is 0.871. The highest BCUT2D eigenvalue weighted by Crippen LogP contribution is 2.31. The number of para-hydroxylation sites is 1. The van der Waals surface area contributed by atoms with Gasteiger partial charge < -0.3 is 4.74 Å². The topological polar surface area (TPSA) is 42.4 Å². The molecule has 1 atom stereocenters. The van der Waals surface area contributed by atoms with E-state index < -0.39 is 0 Å². The van der Waals surface area contributed by atoms with Gasteiger partial charge in [-0.25, -0.2) is 4.98 Å². The highest BCUT2D eigenvalue weighted by molar-refractivity contribution is 7.14. The van der Waals surface area contributed by atoms with Crippen molar-refractivity contribution in [1.29, 1.82) is 0 Å². The van der Waals surface area contributed by atoms with Crippen LogP contribution in [0.15, 0.2) is 35.7 Å². The van der Waals surface area contributed by atoms with Crippen molar-refractivity contribution in [3.8, 4) is 0 Å². The van der Waals surface area contributed by atoms with Gasteiger partial charge in [0.25, 0.3) is 0 Å². The zero-order valence-electron chi connectivity index (χ0n) is 11.3. The number of hydrogen-bond donors (Lipinski definition) is 0. The molecule has 0 aliphatic carbocycles. The molecule has 20 heavy (non-hydrogen) atoms. The molecule has 104 valence electrons. The summed E-state index contributed by atoms with van der Waals surface area (Å²) in [6.07, 6.45) is 0.784. The summed E-state index contributed by atoms with van der Waals surface area (Å²) in [5, 5.41) is 2.69. The van der Waals surface area contributed by atoms with Gasteiger partial charge in [-0.3, -0.25) is 9.69 Å². The van der Waals surface area contributed by atoms with E-state index in [-0.39, 0.29) is 11.8 Å². The molecule has 1 amide bonds. The Labute approximate surface area is 122 Å². The van der Waals surface area contributed by atoms with Crippen LogP contribution in [-0.2, 0) is 9.53 Å². The van der Waals surface area contributed by atoms with Crippen LogP contribution in [-0.4, -0.2) is 24.1 Å². The third-order valence-corrected chi connectivity index (χ3v) is 4.26. The summed E-state index contributed by atoms with van der Waals surface area (Å²) in [6.45, 7) is 3.11. The Kier molecular flexibility index (Phi) is 3.80. The van der Waals surface area contributed by atoms with Crippen molar-refractivity contribution in [2.24, 2.45) is 5.92 Å². The fraction of sp³-hybridized carbons (Fsp3) is 0.333. The van der Waals surface area contributed by atoms with Crippen LogP contribution in [0.25, 0.3) is 0 Å². The van der Waals surface area contributed by atoms with Crippen LogP contribution >= 0.6 is 11.3 Å². The molecule has 4 nitrogen and oxygen atoms in total. The number of benzene rings is 1. The van der Waals surface area contributed by atoms with Crippen molar-refractivity contribution in [3.05, 3.63) is 41.4 Å². The van der Waals surface area contributed by atoms with Gasteiger partial charge in [-0.05, 0) is 25.5 Å². The molecule has 0 radical (unpaired) electrons. The molecular weight excluding hydrogens is 272 g/mol. The summed E-state index contributed by atoms with van der Waals surface area (Å²) in [5.41, 5.74) is 1.79. The van der Waals surface area contributed by atoms with Crippen LogP contribution in [0.3, 0.4) is 0 Å². The normalized spacial score (nSPS) is 18.1. The number of rotatable bonds is 3. The minimum atomic E-state index is -0.0700. The maximum absolute atomic E-state index is 12.8. The smallest absolute Gasteiger partial charge is 0.238 e. The molecule has 1 aliphatic rings. The summed E-state index contributed by atoms with van der Waals surface area (Å²) in [6, 6.07) is 9.68. The van der Waals surface area contributed by atoms with E-state index in [1.807, 2.05) is 42.6 Å². The van der Waals surface area contributed by atoms with E-state index in [2.05, 4.69) is 4.98 Å². The fourth-order valence-electron chi connectivity index (χ4n) is 2.27. The van der Waals surface area contributed by atoms with Crippen LogP contribution in [0.2, 0.25) is 0 Å². The van der Waals surface area contributed by atoms with Crippen LogP contribution in [0, 0.1) is 12.8 Å². The predicted molar refractivity (Wildman–Crippen MR) is 79.4 cm³/mol. The summed E-state index contributed by atoms with van der Waals surface area (Å²) < 4.78 is 5.34. The first-order chi connectivity index (χ1) is 9.75. The Bertz CT molecular complexity index is 591. The maximum atomic E-state index is 12.8. The number of aryl methyl sites for hydroxylation is 1. The van der Waals surface area contributed by atoms with E-state index in [1.54, 1.807) is 4.90 Å². The molecule has 1 aliphatic heterocycles. The van der Waals surface area contributed by atoms with E-state index >= 15 is 0 Å². The van der Waals surface area contributed by atoms with Gasteiger partial charge in [0.05, 0.1) is 23.9 Å². The average molecular weight is 288 g/mol. The van der Waals surface area contributed by atoms with Gasteiger partial charge in [0.2, 0.25) is 5.91 Å². The highest BCUT2D eigenvalue weighted by Gasteiger charge is 2.31. The van der Waals surface area contributed by atoms with E-state index in [1.165, 1.54) is 11.3 Å². The number of amides is 1. The molecule has 1 fully saturated rings. The van der Waals surface area contributed by atoms with Crippen molar-refractivity contribution < 1.29 is 9.53 Å². The van der Waals surface area contributed by atoms with E-state index in [0.717, 1.165) is 22.9 Å². The van der Waals surface area contributed by atoms with Crippen LogP contribution in [0.5, 0.6) is 0 Å². The van der Waals surface area contributed by atoms with Gasteiger partial charge in [-0.2, -0.15) is 0 Å². The number of anilines is 2. The Balaban J connectivity index is 1.97. The van der Waals surface area contributed by atoms with Gasteiger partial charge in [-0.15, -0.1) is 11.3 Å². The predicted octanol–water partition coefficient (Wildman–Crippen LogP) is 3.15. The lowest BCUT2D eigenvalue weighted by molar-refractivity contribution is -0.121. The summed E-state index contributed by atoms with van der Waals surface area (Å²) in [7, 11) is 0. The van der Waals surface area contributed by atoms with Crippen LogP contribution in [0.1, 0.15) is 12.1 Å². The lowest BCUT2D eigenvalue weighted by atomic mass is 10.1. The van der Waals surface area contributed by atoms with Crippen molar-refractivity contribution in [3.63, 3.8) is 0 Å². The second-order valence-electron chi connectivity index (χ2n) is 4.84. The molecule has 1 aromatic heterocycles. The monoisotopic (exact) mass is 288 g/mol. The number of carbonyl (C=O) groups is 1. The van der Waals surface area contributed by atoms with Crippen LogP contribution in [0.4, 0.5) is 10.8 Å². The molecule has 3 rings (SSSR count). The SMILES string of the molecule is Cc1csc(N(C(=O)C2CCOC2)c2ccccc2)n1. The molecule has 2 aromatic rings. The first-order valence-corrected chi connectivity index (χ1v) is 7.52. The zero-order valence-corrected chi connectivity index (χ0v) is 12.1. The molecule has 5 heteroatoms. The fourth-order valence-corrected chi connectivity index (χ4v) is 3.09. The zero-order chi connectivity index (χ0) is 13.9. The summed E-state index contributed by atoms with van der Waals surface area (Å²) in [5.74, 6) is 0.00228. The number of thiazole rings is 1. The molecular formula is C15H16N2O2S. The van der Waals surface area contributed by atoms with Gasteiger partial charge in [0.15, 0.2) is 5.13 Å². The second-order valence-corrected chi connectivity index (χ2v) is 5.68. The van der Waals surface area contributed by atoms with Gasteiger partial charge >= 0.3 is 0 Å². The highest BCUT2D eigenvalue weighted by atomic mass is 32.1. The van der Waals surface area contributed by atoms with Gasteiger partial charge in [0.1, 0.15) is 0 Å². The molecule has 1 saturated heterocycles. The number of aromatic nitrogens is 1. The lowest BCUT2D eigenvalue weighted by Gasteiger charge is -2.22. The van der Waals surface area contributed by atoms with Crippen molar-refractivity contribution in [2.75, 3.05) is 18.1 Å². The van der Waals surface area contributed by atoms with Crippen LogP contribution < -0.4 is 4.90 Å². The minimum absolute atomic E-state index is 0.0700. The Morgan fingerprint density at radius 1 is 1.40 bits per heavy atom. The number of hydrogen-bond acceptors (Lipinski definition) is 4. The minimum Gasteiger partial charge on any atom is -0.381 e. The van der Waals surface area contributed by atoms with Gasteiger partial charge in [0, 0.05) is 12.0 Å². The average Bonchev–Trinajstić information content (AvgIpc) is 3.12. The molecule has 0 spiro atoms. The van der Waals surface area contributed by atoms with Crippen molar-refractivity contribution in [1.82, 2.24) is 4.98 Å². The van der Waals surface area contributed by atoms with Gasteiger partial charge in [-0.1, -0.05) is 18.2 Å². The van der Waals surface area contributed by atoms with E-state index in [0.29, 0.717) is 13.2 Å².